The fraction of sp³-hybridized carbons (Fsp3) is 0.222. The molecular formula is C9H9NO2S. The molecule has 68 valence electrons. The Morgan fingerprint density at radius 3 is 3.00 bits per heavy atom. The van der Waals surface area contributed by atoms with Crippen molar-refractivity contribution in [2.24, 2.45) is 0 Å². The maximum atomic E-state index is 5.43. The number of benzene rings is 1. The Bertz CT molecular complexity index is 422. The second kappa shape index (κ2) is 3.30. The highest BCUT2D eigenvalue weighted by atomic mass is 32.2. The quantitative estimate of drug-likeness (QED) is 0.690. The Morgan fingerprint density at radius 2 is 2.31 bits per heavy atom. The fourth-order valence-electron chi connectivity index (χ4n) is 1.10. The van der Waals surface area contributed by atoms with Gasteiger partial charge in [-0.1, -0.05) is 11.8 Å². The zero-order chi connectivity index (χ0) is 9.26. The maximum Gasteiger partial charge on any atom is 0.256 e. The molecule has 0 radical (unpaired) electrons. The van der Waals surface area contributed by atoms with Gasteiger partial charge in [0.05, 0.1) is 7.11 Å². The summed E-state index contributed by atoms with van der Waals surface area (Å²) in [6, 6.07) is 5.59. The van der Waals surface area contributed by atoms with E-state index in [1.54, 1.807) is 7.11 Å². The largest absolute Gasteiger partial charge is 0.497 e. The van der Waals surface area contributed by atoms with Crippen LogP contribution < -0.4 is 4.74 Å². The van der Waals surface area contributed by atoms with E-state index >= 15 is 0 Å². The first kappa shape index (κ1) is 8.44. The van der Waals surface area contributed by atoms with E-state index in [-0.39, 0.29) is 0 Å². The lowest BCUT2D eigenvalue weighted by Gasteiger charge is -1.95. The summed E-state index contributed by atoms with van der Waals surface area (Å²) < 4.78 is 10.5. The third-order valence-corrected chi connectivity index (χ3v) is 2.27. The Labute approximate surface area is 80.1 Å². The van der Waals surface area contributed by atoms with Gasteiger partial charge in [-0.15, -0.1) is 0 Å². The number of aromatic nitrogens is 1. The van der Waals surface area contributed by atoms with Crippen molar-refractivity contribution in [2.75, 3.05) is 13.4 Å². The molecule has 0 saturated heterocycles. The van der Waals surface area contributed by atoms with Gasteiger partial charge in [-0.25, -0.2) is 4.98 Å². The van der Waals surface area contributed by atoms with Crippen LogP contribution in [0.3, 0.4) is 0 Å². The summed E-state index contributed by atoms with van der Waals surface area (Å²) in [6.45, 7) is 0. The monoisotopic (exact) mass is 195 g/mol. The van der Waals surface area contributed by atoms with Gasteiger partial charge in [-0.3, -0.25) is 0 Å². The van der Waals surface area contributed by atoms with Gasteiger partial charge < -0.3 is 9.15 Å². The number of hydrogen-bond acceptors (Lipinski definition) is 4. The first-order chi connectivity index (χ1) is 6.33. The van der Waals surface area contributed by atoms with E-state index in [1.165, 1.54) is 11.8 Å². The molecule has 1 heterocycles. The van der Waals surface area contributed by atoms with E-state index in [2.05, 4.69) is 4.98 Å². The first-order valence-corrected chi connectivity index (χ1v) is 5.04. The molecule has 1 aromatic carbocycles. The van der Waals surface area contributed by atoms with Crippen LogP contribution in [0, 0.1) is 0 Å². The lowest BCUT2D eigenvalue weighted by atomic mass is 10.3. The highest BCUT2D eigenvalue weighted by molar-refractivity contribution is 7.98. The molecule has 0 N–H and O–H groups in total. The van der Waals surface area contributed by atoms with Gasteiger partial charge in [0.15, 0.2) is 5.58 Å². The summed E-state index contributed by atoms with van der Waals surface area (Å²) in [6.07, 6.45) is 1.93. The summed E-state index contributed by atoms with van der Waals surface area (Å²) in [5, 5.41) is 0.684. The van der Waals surface area contributed by atoms with E-state index < -0.39 is 0 Å². The molecule has 0 unspecified atom stereocenters. The average molecular weight is 195 g/mol. The van der Waals surface area contributed by atoms with Crippen LogP contribution in [0.25, 0.3) is 11.1 Å². The normalized spacial score (nSPS) is 10.6. The highest BCUT2D eigenvalue weighted by Crippen LogP contribution is 2.24. The molecule has 0 amide bonds. The second-order valence-corrected chi connectivity index (χ2v) is 3.28. The third-order valence-electron chi connectivity index (χ3n) is 1.75. The van der Waals surface area contributed by atoms with Crippen molar-refractivity contribution in [3.8, 4) is 5.75 Å². The number of ether oxygens (including phenoxy) is 1. The van der Waals surface area contributed by atoms with E-state index in [0.717, 1.165) is 16.8 Å². The Hall–Kier alpha value is -1.16. The van der Waals surface area contributed by atoms with Gasteiger partial charge in [-0.05, 0) is 18.4 Å². The molecule has 0 fully saturated rings. The Balaban J connectivity index is 2.57. The van der Waals surface area contributed by atoms with Crippen LogP contribution in [0.4, 0.5) is 0 Å². The van der Waals surface area contributed by atoms with Crippen LogP contribution in [0.2, 0.25) is 0 Å². The number of nitrogens with zero attached hydrogens (tertiary/aromatic N) is 1. The molecule has 0 atom stereocenters. The van der Waals surface area contributed by atoms with Crippen molar-refractivity contribution in [3.05, 3.63) is 18.2 Å². The van der Waals surface area contributed by atoms with Crippen LogP contribution in [0.15, 0.2) is 27.8 Å². The van der Waals surface area contributed by atoms with Gasteiger partial charge in [0.1, 0.15) is 11.3 Å². The molecule has 13 heavy (non-hydrogen) atoms. The van der Waals surface area contributed by atoms with Crippen LogP contribution in [0.1, 0.15) is 0 Å². The van der Waals surface area contributed by atoms with Crippen molar-refractivity contribution < 1.29 is 9.15 Å². The second-order valence-electron chi connectivity index (χ2n) is 2.52. The van der Waals surface area contributed by atoms with Gasteiger partial charge in [0, 0.05) is 6.07 Å². The van der Waals surface area contributed by atoms with Crippen LogP contribution in [-0.2, 0) is 0 Å². The SMILES string of the molecule is COc1ccc2nc(SC)oc2c1. The summed E-state index contributed by atoms with van der Waals surface area (Å²) in [5.41, 5.74) is 1.63. The number of oxazole rings is 1. The molecular weight excluding hydrogens is 186 g/mol. The molecule has 0 aliphatic carbocycles. The third kappa shape index (κ3) is 1.49. The lowest BCUT2D eigenvalue weighted by Crippen LogP contribution is -1.80. The molecule has 0 aliphatic heterocycles. The van der Waals surface area contributed by atoms with Crippen LogP contribution in [0.5, 0.6) is 5.75 Å². The average Bonchev–Trinajstić information content (AvgIpc) is 2.58. The number of methoxy groups -OCH3 is 1. The number of hydrogen-bond donors (Lipinski definition) is 0. The standard InChI is InChI=1S/C9H9NO2S/c1-11-6-3-4-7-8(5-6)12-9(10-7)13-2/h3-5H,1-2H3. The fourth-order valence-corrected chi connectivity index (χ4v) is 1.46. The molecule has 0 aliphatic rings. The van der Waals surface area contributed by atoms with Crippen molar-refractivity contribution in [3.63, 3.8) is 0 Å². The smallest absolute Gasteiger partial charge is 0.256 e. The van der Waals surface area contributed by atoms with Crippen molar-refractivity contribution in [1.82, 2.24) is 4.98 Å². The minimum absolute atomic E-state index is 0.684. The predicted octanol–water partition coefficient (Wildman–Crippen LogP) is 2.56. The van der Waals surface area contributed by atoms with Crippen molar-refractivity contribution >= 4 is 22.9 Å². The minimum atomic E-state index is 0.684. The number of thioether (sulfide) groups is 1. The van der Waals surface area contributed by atoms with E-state index in [0.29, 0.717) is 5.22 Å². The van der Waals surface area contributed by atoms with Gasteiger partial charge in [0.2, 0.25) is 0 Å². The van der Waals surface area contributed by atoms with Gasteiger partial charge >= 0.3 is 0 Å². The number of rotatable bonds is 2. The van der Waals surface area contributed by atoms with E-state index in [4.69, 9.17) is 9.15 Å². The molecule has 0 saturated carbocycles. The summed E-state index contributed by atoms with van der Waals surface area (Å²) in [7, 11) is 1.63. The predicted molar refractivity (Wildman–Crippen MR) is 52.3 cm³/mol. The Kier molecular flexibility index (Phi) is 2.14. The molecule has 0 bridgehead atoms. The lowest BCUT2D eigenvalue weighted by molar-refractivity contribution is 0.413. The van der Waals surface area contributed by atoms with E-state index in [1.807, 2.05) is 24.5 Å². The molecule has 4 heteroatoms. The molecule has 2 rings (SSSR count). The van der Waals surface area contributed by atoms with E-state index in [9.17, 15) is 0 Å². The first-order valence-electron chi connectivity index (χ1n) is 3.82. The molecule has 2 aromatic rings. The Morgan fingerprint density at radius 1 is 1.46 bits per heavy atom. The molecule has 0 spiro atoms. The zero-order valence-corrected chi connectivity index (χ0v) is 8.22. The summed E-state index contributed by atoms with van der Waals surface area (Å²) in [4.78, 5) is 4.25. The molecule has 1 aromatic heterocycles. The summed E-state index contributed by atoms with van der Waals surface area (Å²) >= 11 is 1.49. The molecule has 3 nitrogen and oxygen atoms in total. The van der Waals surface area contributed by atoms with Gasteiger partial charge in [0.25, 0.3) is 5.22 Å². The van der Waals surface area contributed by atoms with Crippen LogP contribution in [-0.4, -0.2) is 18.3 Å². The summed E-state index contributed by atoms with van der Waals surface area (Å²) in [5.74, 6) is 0.788. The van der Waals surface area contributed by atoms with Crippen LogP contribution >= 0.6 is 11.8 Å². The number of fused-ring (bicyclic) bond motifs is 1. The topological polar surface area (TPSA) is 35.3 Å². The highest BCUT2D eigenvalue weighted by Gasteiger charge is 2.04. The van der Waals surface area contributed by atoms with Crippen molar-refractivity contribution in [2.45, 2.75) is 5.22 Å². The van der Waals surface area contributed by atoms with Gasteiger partial charge in [-0.2, -0.15) is 0 Å². The maximum absolute atomic E-state index is 5.43. The van der Waals surface area contributed by atoms with Crippen molar-refractivity contribution in [1.29, 1.82) is 0 Å². The zero-order valence-electron chi connectivity index (χ0n) is 7.40. The minimum Gasteiger partial charge on any atom is -0.497 e.